The third-order valence-corrected chi connectivity index (χ3v) is 3.96. The van der Waals surface area contributed by atoms with Crippen LogP contribution in [0.15, 0.2) is 34.8 Å². The third-order valence-electron chi connectivity index (χ3n) is 2.47. The zero-order valence-electron chi connectivity index (χ0n) is 9.99. The lowest BCUT2D eigenvalue weighted by Crippen LogP contribution is -2.12. The van der Waals surface area contributed by atoms with Gasteiger partial charge in [0.05, 0.1) is 15.6 Å². The van der Waals surface area contributed by atoms with Crippen molar-refractivity contribution in [1.82, 2.24) is 0 Å². The van der Waals surface area contributed by atoms with E-state index in [0.717, 1.165) is 0 Å². The van der Waals surface area contributed by atoms with E-state index in [9.17, 15) is 4.79 Å². The Hall–Kier alpha value is -1.43. The molecule has 0 saturated heterocycles. The lowest BCUT2D eigenvalue weighted by molar-refractivity contribution is 0.0998. The minimum Gasteiger partial charge on any atom is -0.455 e. The number of hydrogen-bond acceptors (Lipinski definition) is 3. The van der Waals surface area contributed by atoms with Gasteiger partial charge in [-0.25, -0.2) is 0 Å². The summed E-state index contributed by atoms with van der Waals surface area (Å²) >= 11 is 15.3. The van der Waals surface area contributed by atoms with Gasteiger partial charge in [-0.2, -0.15) is 0 Å². The summed E-state index contributed by atoms with van der Waals surface area (Å²) in [5.41, 5.74) is 11.6. The second kappa shape index (κ2) is 5.91. The molecule has 0 heterocycles. The van der Waals surface area contributed by atoms with Crippen LogP contribution in [0.25, 0.3) is 0 Å². The van der Waals surface area contributed by atoms with Crippen LogP contribution in [0.2, 0.25) is 10.0 Å². The predicted molar refractivity (Wildman–Crippen MR) is 83.6 cm³/mol. The van der Waals surface area contributed by atoms with Gasteiger partial charge in [-0.3, -0.25) is 4.79 Å². The Morgan fingerprint density at radius 1 is 1.10 bits per heavy atom. The fraction of sp³-hybridized carbons (Fsp3) is 0. The smallest absolute Gasteiger partial charge is 0.252 e. The van der Waals surface area contributed by atoms with E-state index in [0.29, 0.717) is 26.0 Å². The van der Waals surface area contributed by atoms with E-state index < -0.39 is 5.91 Å². The Morgan fingerprint density at radius 3 is 2.45 bits per heavy atom. The van der Waals surface area contributed by atoms with Gasteiger partial charge in [-0.05, 0) is 34.1 Å². The van der Waals surface area contributed by atoms with Crippen molar-refractivity contribution in [1.29, 1.82) is 0 Å². The van der Waals surface area contributed by atoms with Crippen LogP contribution in [0.5, 0.6) is 11.5 Å². The Labute approximate surface area is 133 Å². The van der Waals surface area contributed by atoms with E-state index in [-0.39, 0.29) is 11.3 Å². The zero-order valence-corrected chi connectivity index (χ0v) is 13.1. The number of amides is 1. The molecule has 4 nitrogen and oxygen atoms in total. The Balaban J connectivity index is 2.47. The molecule has 0 unspecified atom stereocenters. The van der Waals surface area contributed by atoms with Crippen molar-refractivity contribution in [2.24, 2.45) is 5.73 Å². The summed E-state index contributed by atoms with van der Waals surface area (Å²) in [7, 11) is 0. The van der Waals surface area contributed by atoms with Gasteiger partial charge in [0.1, 0.15) is 11.5 Å². The summed E-state index contributed by atoms with van der Waals surface area (Å²) in [4.78, 5) is 11.4. The maximum absolute atomic E-state index is 11.4. The fourth-order valence-corrected chi connectivity index (χ4v) is 2.36. The molecule has 0 saturated carbocycles. The number of primary amides is 1. The second-order valence-electron chi connectivity index (χ2n) is 3.92. The maximum atomic E-state index is 11.4. The quantitative estimate of drug-likeness (QED) is 0.622. The summed E-state index contributed by atoms with van der Waals surface area (Å²) < 4.78 is 6.24. The summed E-state index contributed by atoms with van der Waals surface area (Å²) in [6.07, 6.45) is 0. The highest BCUT2D eigenvalue weighted by molar-refractivity contribution is 9.10. The summed E-state index contributed by atoms with van der Waals surface area (Å²) in [5, 5.41) is 0.757. The minimum absolute atomic E-state index is 0.203. The van der Waals surface area contributed by atoms with E-state index >= 15 is 0 Å². The van der Waals surface area contributed by atoms with E-state index in [1.165, 1.54) is 18.2 Å². The average Bonchev–Trinajstić information content (AvgIpc) is 2.35. The molecule has 104 valence electrons. The number of halogens is 3. The molecule has 20 heavy (non-hydrogen) atoms. The number of nitrogens with two attached hydrogens (primary N) is 2. The molecule has 2 rings (SSSR count). The SMILES string of the molecule is NC(=O)c1ccc(N)cc1Oc1cc(Cl)c(Br)cc1Cl. The van der Waals surface area contributed by atoms with Gasteiger partial charge in [0.2, 0.25) is 0 Å². The van der Waals surface area contributed by atoms with Gasteiger partial charge in [0, 0.05) is 22.3 Å². The van der Waals surface area contributed by atoms with Crippen molar-refractivity contribution >= 4 is 50.7 Å². The molecule has 0 atom stereocenters. The molecule has 0 spiro atoms. The van der Waals surface area contributed by atoms with Crippen molar-refractivity contribution in [3.05, 3.63) is 50.4 Å². The van der Waals surface area contributed by atoms with E-state index in [1.807, 2.05) is 0 Å². The number of nitrogen functional groups attached to an aromatic ring is 1. The van der Waals surface area contributed by atoms with Crippen LogP contribution in [-0.2, 0) is 0 Å². The Bertz CT molecular complexity index is 692. The normalized spacial score (nSPS) is 10.3. The molecule has 0 aliphatic heterocycles. The van der Waals surface area contributed by atoms with Gasteiger partial charge in [-0.15, -0.1) is 0 Å². The monoisotopic (exact) mass is 374 g/mol. The lowest BCUT2D eigenvalue weighted by Gasteiger charge is -2.12. The van der Waals surface area contributed by atoms with Crippen LogP contribution >= 0.6 is 39.1 Å². The van der Waals surface area contributed by atoms with Crippen molar-refractivity contribution in [3.8, 4) is 11.5 Å². The average molecular weight is 376 g/mol. The number of carbonyl (C=O) groups is 1. The number of hydrogen-bond donors (Lipinski definition) is 2. The summed E-state index contributed by atoms with van der Waals surface area (Å²) in [5.74, 6) is -0.106. The largest absolute Gasteiger partial charge is 0.455 e. The molecule has 0 fully saturated rings. The minimum atomic E-state index is -0.626. The number of ether oxygens (including phenoxy) is 1. The molecule has 4 N–H and O–H groups in total. The van der Waals surface area contributed by atoms with Gasteiger partial charge in [0.25, 0.3) is 5.91 Å². The molecule has 0 aromatic heterocycles. The van der Waals surface area contributed by atoms with Crippen molar-refractivity contribution < 1.29 is 9.53 Å². The Morgan fingerprint density at radius 2 is 1.80 bits per heavy atom. The van der Waals surface area contributed by atoms with Crippen LogP contribution in [0.4, 0.5) is 5.69 Å². The van der Waals surface area contributed by atoms with Crippen LogP contribution in [0.1, 0.15) is 10.4 Å². The molecule has 0 radical (unpaired) electrons. The van der Waals surface area contributed by atoms with Crippen molar-refractivity contribution in [2.75, 3.05) is 5.73 Å². The molecule has 0 aliphatic rings. The third kappa shape index (κ3) is 3.17. The molecular weight excluding hydrogens is 367 g/mol. The number of rotatable bonds is 3. The van der Waals surface area contributed by atoms with Crippen molar-refractivity contribution in [2.45, 2.75) is 0 Å². The number of carbonyl (C=O) groups excluding carboxylic acids is 1. The highest BCUT2D eigenvalue weighted by atomic mass is 79.9. The predicted octanol–water partition coefficient (Wildman–Crippen LogP) is 4.23. The number of anilines is 1. The summed E-state index contributed by atoms with van der Waals surface area (Å²) in [6.45, 7) is 0. The van der Waals surface area contributed by atoms with Gasteiger partial charge < -0.3 is 16.2 Å². The van der Waals surface area contributed by atoms with Gasteiger partial charge >= 0.3 is 0 Å². The Kier molecular flexibility index (Phi) is 4.42. The second-order valence-corrected chi connectivity index (χ2v) is 5.59. The first-order valence-electron chi connectivity index (χ1n) is 5.40. The van der Waals surface area contributed by atoms with E-state index in [4.69, 9.17) is 39.4 Å². The van der Waals surface area contributed by atoms with Crippen LogP contribution in [0, 0.1) is 0 Å². The topological polar surface area (TPSA) is 78.3 Å². The van der Waals surface area contributed by atoms with Gasteiger partial charge in [0.15, 0.2) is 0 Å². The van der Waals surface area contributed by atoms with E-state index in [1.54, 1.807) is 12.1 Å². The lowest BCUT2D eigenvalue weighted by atomic mass is 10.1. The molecule has 2 aromatic carbocycles. The molecule has 7 heteroatoms. The number of benzene rings is 2. The maximum Gasteiger partial charge on any atom is 0.252 e. The van der Waals surface area contributed by atoms with Crippen LogP contribution in [-0.4, -0.2) is 5.91 Å². The molecular formula is C13H9BrCl2N2O2. The highest BCUT2D eigenvalue weighted by Crippen LogP contribution is 2.37. The first-order valence-corrected chi connectivity index (χ1v) is 6.95. The first kappa shape index (κ1) is 15.0. The van der Waals surface area contributed by atoms with Gasteiger partial charge in [-0.1, -0.05) is 23.2 Å². The highest BCUT2D eigenvalue weighted by Gasteiger charge is 2.14. The standard InChI is InChI=1S/C13H9BrCl2N2O2/c14-8-4-10(16)12(5-9(8)15)20-11-3-6(17)1-2-7(11)13(18)19/h1-5H,17H2,(H2,18,19). The van der Waals surface area contributed by atoms with Crippen LogP contribution < -0.4 is 16.2 Å². The van der Waals surface area contributed by atoms with Crippen molar-refractivity contribution in [3.63, 3.8) is 0 Å². The van der Waals surface area contributed by atoms with E-state index in [2.05, 4.69) is 15.9 Å². The molecule has 2 aromatic rings. The summed E-state index contributed by atoms with van der Waals surface area (Å²) in [6, 6.07) is 7.66. The first-order chi connectivity index (χ1) is 9.38. The van der Waals surface area contributed by atoms with Crippen LogP contribution in [0.3, 0.4) is 0 Å². The molecule has 0 bridgehead atoms. The zero-order chi connectivity index (χ0) is 14.9. The molecule has 1 amide bonds. The fourth-order valence-electron chi connectivity index (χ4n) is 1.53. The molecule has 0 aliphatic carbocycles.